The lowest BCUT2D eigenvalue weighted by atomic mass is 10.1. The molecule has 0 saturated carbocycles. The van der Waals surface area contributed by atoms with Crippen LogP contribution >= 0.6 is 15.9 Å². The Morgan fingerprint density at radius 1 is 1.10 bits per heavy atom. The molecule has 2 aromatic rings. The van der Waals surface area contributed by atoms with E-state index in [9.17, 15) is 0 Å². The third kappa shape index (κ3) is 4.27. The summed E-state index contributed by atoms with van der Waals surface area (Å²) in [4.78, 5) is 0. The molecule has 20 heavy (non-hydrogen) atoms. The predicted octanol–water partition coefficient (Wildman–Crippen LogP) is 4.95. The van der Waals surface area contributed by atoms with E-state index in [0.717, 1.165) is 27.9 Å². The minimum absolute atomic E-state index is 0.537. The molecule has 0 amide bonds. The van der Waals surface area contributed by atoms with E-state index < -0.39 is 0 Å². The summed E-state index contributed by atoms with van der Waals surface area (Å²) < 4.78 is 6.78. The Bertz CT molecular complexity index is 551. The normalized spacial score (nSPS) is 10.5. The maximum atomic E-state index is 5.80. The average molecular weight is 334 g/mol. The fraction of sp³-hybridized carbons (Fsp3) is 0.294. The number of hydrogen-bond donors (Lipinski definition) is 1. The second-order valence-corrected chi connectivity index (χ2v) is 5.74. The van der Waals surface area contributed by atoms with Gasteiger partial charge >= 0.3 is 0 Å². The highest BCUT2D eigenvalue weighted by atomic mass is 79.9. The number of aryl methyl sites for hydroxylation is 1. The molecule has 0 aliphatic heterocycles. The second kappa shape index (κ2) is 7.34. The summed E-state index contributed by atoms with van der Waals surface area (Å²) in [5.74, 6) is 0.897. The molecular formula is C17H20BrNO. The first-order valence-corrected chi connectivity index (χ1v) is 7.74. The first-order valence-electron chi connectivity index (χ1n) is 6.94. The van der Waals surface area contributed by atoms with Gasteiger partial charge in [-0.1, -0.05) is 47.5 Å². The number of unbranched alkanes of at least 4 members (excludes halogenated alkanes) is 1. The van der Waals surface area contributed by atoms with Gasteiger partial charge in [-0.15, -0.1) is 0 Å². The Hall–Kier alpha value is -1.48. The maximum absolute atomic E-state index is 5.80. The highest BCUT2D eigenvalue weighted by Crippen LogP contribution is 2.22. The van der Waals surface area contributed by atoms with E-state index in [1.807, 2.05) is 30.3 Å². The van der Waals surface area contributed by atoms with Gasteiger partial charge in [0.1, 0.15) is 12.4 Å². The van der Waals surface area contributed by atoms with E-state index in [0.29, 0.717) is 6.61 Å². The molecule has 0 radical (unpaired) electrons. The van der Waals surface area contributed by atoms with Gasteiger partial charge in [-0.05, 0) is 42.7 Å². The standard InChI is InChI=1S/C17H20BrNO/c1-2-3-4-13-5-9-16(10-6-13)20-12-14-7-8-15(19)11-17(14)18/h5-11H,2-4,12,19H2,1H3. The Balaban J connectivity index is 1.93. The minimum atomic E-state index is 0.537. The number of rotatable bonds is 6. The molecule has 0 bridgehead atoms. The zero-order valence-corrected chi connectivity index (χ0v) is 13.3. The second-order valence-electron chi connectivity index (χ2n) is 4.89. The number of nitrogens with two attached hydrogens (primary N) is 1. The van der Waals surface area contributed by atoms with Gasteiger partial charge in [0.25, 0.3) is 0 Å². The summed E-state index contributed by atoms with van der Waals surface area (Å²) >= 11 is 3.50. The van der Waals surface area contributed by atoms with Gasteiger partial charge < -0.3 is 10.5 Å². The summed E-state index contributed by atoms with van der Waals surface area (Å²) in [6.07, 6.45) is 3.60. The maximum Gasteiger partial charge on any atom is 0.119 e. The summed E-state index contributed by atoms with van der Waals surface area (Å²) in [7, 11) is 0. The third-order valence-corrected chi connectivity index (χ3v) is 3.95. The van der Waals surface area contributed by atoms with Crippen molar-refractivity contribution in [2.45, 2.75) is 32.8 Å². The van der Waals surface area contributed by atoms with E-state index in [4.69, 9.17) is 10.5 Å². The molecule has 0 unspecified atom stereocenters. The fourth-order valence-electron chi connectivity index (χ4n) is 1.97. The smallest absolute Gasteiger partial charge is 0.119 e. The van der Waals surface area contributed by atoms with Crippen molar-refractivity contribution in [3.8, 4) is 5.75 Å². The zero-order chi connectivity index (χ0) is 14.4. The Labute approximate surface area is 129 Å². The molecule has 106 valence electrons. The topological polar surface area (TPSA) is 35.2 Å². The number of hydrogen-bond acceptors (Lipinski definition) is 2. The lowest BCUT2D eigenvalue weighted by Gasteiger charge is -2.09. The third-order valence-electron chi connectivity index (χ3n) is 3.21. The summed E-state index contributed by atoms with van der Waals surface area (Å²) in [5, 5.41) is 0. The molecule has 0 atom stereocenters. The molecule has 3 heteroatoms. The van der Waals surface area contributed by atoms with E-state index in [1.54, 1.807) is 0 Å². The fourth-order valence-corrected chi connectivity index (χ4v) is 2.49. The lowest BCUT2D eigenvalue weighted by molar-refractivity contribution is 0.305. The quantitative estimate of drug-likeness (QED) is 0.759. The monoisotopic (exact) mass is 333 g/mol. The van der Waals surface area contributed by atoms with Crippen molar-refractivity contribution >= 4 is 21.6 Å². The summed E-state index contributed by atoms with van der Waals surface area (Å²) in [5.41, 5.74) is 8.93. The molecule has 2 N–H and O–H groups in total. The van der Waals surface area contributed by atoms with Gasteiger partial charge in [0.2, 0.25) is 0 Å². The largest absolute Gasteiger partial charge is 0.489 e. The molecule has 0 aliphatic rings. The number of anilines is 1. The minimum Gasteiger partial charge on any atom is -0.489 e. The first kappa shape index (κ1) is 14.9. The first-order chi connectivity index (χ1) is 9.69. The molecule has 0 heterocycles. The van der Waals surface area contributed by atoms with Crippen molar-refractivity contribution < 1.29 is 4.74 Å². The van der Waals surface area contributed by atoms with Crippen molar-refractivity contribution in [2.24, 2.45) is 0 Å². The van der Waals surface area contributed by atoms with Crippen molar-refractivity contribution in [1.82, 2.24) is 0 Å². The molecule has 2 nitrogen and oxygen atoms in total. The highest BCUT2D eigenvalue weighted by Gasteiger charge is 2.02. The van der Waals surface area contributed by atoms with E-state index in [2.05, 4.69) is 35.0 Å². The number of ether oxygens (including phenoxy) is 1. The molecular weight excluding hydrogens is 314 g/mol. The van der Waals surface area contributed by atoms with E-state index in [1.165, 1.54) is 18.4 Å². The Morgan fingerprint density at radius 3 is 2.50 bits per heavy atom. The van der Waals surface area contributed by atoms with Crippen LogP contribution in [0.5, 0.6) is 5.75 Å². The average Bonchev–Trinajstić information content (AvgIpc) is 2.45. The van der Waals surface area contributed by atoms with Crippen LogP contribution < -0.4 is 10.5 Å². The highest BCUT2D eigenvalue weighted by molar-refractivity contribution is 9.10. The lowest BCUT2D eigenvalue weighted by Crippen LogP contribution is -1.97. The summed E-state index contributed by atoms with van der Waals surface area (Å²) in [6, 6.07) is 14.1. The van der Waals surface area contributed by atoms with Crippen LogP contribution in [0.25, 0.3) is 0 Å². The molecule has 2 rings (SSSR count). The molecule has 0 spiro atoms. The van der Waals surface area contributed by atoms with Crippen LogP contribution in [0, 0.1) is 0 Å². The Kier molecular flexibility index (Phi) is 5.48. The van der Waals surface area contributed by atoms with Gasteiger partial charge in [0, 0.05) is 15.7 Å². The number of halogens is 1. The molecule has 0 aromatic heterocycles. The predicted molar refractivity (Wildman–Crippen MR) is 87.9 cm³/mol. The van der Waals surface area contributed by atoms with Crippen LogP contribution in [0.1, 0.15) is 30.9 Å². The van der Waals surface area contributed by atoms with Crippen molar-refractivity contribution in [1.29, 1.82) is 0 Å². The van der Waals surface area contributed by atoms with Crippen LogP contribution in [0.2, 0.25) is 0 Å². The summed E-state index contributed by atoms with van der Waals surface area (Å²) in [6.45, 7) is 2.75. The van der Waals surface area contributed by atoms with E-state index >= 15 is 0 Å². The van der Waals surface area contributed by atoms with Crippen LogP contribution in [0.15, 0.2) is 46.9 Å². The van der Waals surface area contributed by atoms with Crippen molar-refractivity contribution in [3.05, 3.63) is 58.1 Å². The van der Waals surface area contributed by atoms with Gasteiger partial charge in [0.15, 0.2) is 0 Å². The SMILES string of the molecule is CCCCc1ccc(OCc2ccc(N)cc2Br)cc1. The zero-order valence-electron chi connectivity index (χ0n) is 11.7. The number of benzene rings is 2. The van der Waals surface area contributed by atoms with Gasteiger partial charge in [-0.25, -0.2) is 0 Å². The van der Waals surface area contributed by atoms with Crippen LogP contribution in [0.4, 0.5) is 5.69 Å². The Morgan fingerprint density at radius 2 is 1.85 bits per heavy atom. The molecule has 0 aliphatic carbocycles. The van der Waals surface area contributed by atoms with Gasteiger partial charge in [-0.2, -0.15) is 0 Å². The molecule has 2 aromatic carbocycles. The van der Waals surface area contributed by atoms with Gasteiger partial charge in [0.05, 0.1) is 0 Å². The van der Waals surface area contributed by atoms with Crippen LogP contribution in [0.3, 0.4) is 0 Å². The number of nitrogen functional groups attached to an aromatic ring is 1. The molecule has 0 saturated heterocycles. The van der Waals surface area contributed by atoms with Gasteiger partial charge in [-0.3, -0.25) is 0 Å². The van der Waals surface area contributed by atoms with Crippen molar-refractivity contribution in [2.75, 3.05) is 5.73 Å². The molecule has 0 fully saturated rings. The van der Waals surface area contributed by atoms with Crippen LogP contribution in [-0.4, -0.2) is 0 Å². The van der Waals surface area contributed by atoms with Crippen molar-refractivity contribution in [3.63, 3.8) is 0 Å². The van der Waals surface area contributed by atoms with Crippen LogP contribution in [-0.2, 0) is 13.0 Å². The van der Waals surface area contributed by atoms with E-state index in [-0.39, 0.29) is 0 Å².